The largest absolute Gasteiger partial charge is 0.354 e. The van der Waals surface area contributed by atoms with E-state index in [0.717, 1.165) is 22.6 Å². The Morgan fingerprint density at radius 3 is 2.42 bits per heavy atom. The summed E-state index contributed by atoms with van der Waals surface area (Å²) >= 11 is 0. The average molecular weight is 250 g/mol. The smallest absolute Gasteiger partial charge is 0.185 e. The van der Waals surface area contributed by atoms with Crippen molar-refractivity contribution in [2.75, 3.05) is 0 Å². The second-order valence-corrected chi connectivity index (χ2v) is 4.54. The normalized spacial score (nSPS) is 10.6. The lowest BCUT2D eigenvalue weighted by Crippen LogP contribution is -1.88. The molecule has 0 saturated heterocycles. The van der Waals surface area contributed by atoms with Crippen molar-refractivity contribution in [1.82, 2.24) is 10.1 Å². The van der Waals surface area contributed by atoms with E-state index in [1.54, 1.807) is 0 Å². The van der Waals surface area contributed by atoms with E-state index in [0.29, 0.717) is 5.76 Å². The fourth-order valence-electron chi connectivity index (χ4n) is 1.91. The Bertz CT molecular complexity index is 702. The minimum absolute atomic E-state index is 0.696. The molecule has 2 aromatic heterocycles. The van der Waals surface area contributed by atoms with Crippen molar-refractivity contribution < 1.29 is 4.52 Å². The Morgan fingerprint density at radius 1 is 0.895 bits per heavy atom. The molecule has 0 aliphatic heterocycles. The van der Waals surface area contributed by atoms with Crippen LogP contribution in [-0.4, -0.2) is 10.1 Å². The van der Waals surface area contributed by atoms with E-state index in [2.05, 4.69) is 10.1 Å². The first-order valence-corrected chi connectivity index (χ1v) is 6.21. The van der Waals surface area contributed by atoms with Crippen LogP contribution in [0.3, 0.4) is 0 Å². The van der Waals surface area contributed by atoms with E-state index >= 15 is 0 Å². The highest BCUT2D eigenvalue weighted by Gasteiger charge is 2.10. The van der Waals surface area contributed by atoms with Crippen LogP contribution in [0.1, 0.15) is 11.3 Å². The first kappa shape index (κ1) is 11.7. The zero-order chi connectivity index (χ0) is 13.2. The van der Waals surface area contributed by atoms with Gasteiger partial charge < -0.3 is 4.52 Å². The van der Waals surface area contributed by atoms with Crippen LogP contribution in [0.15, 0.2) is 53.1 Å². The summed E-state index contributed by atoms with van der Waals surface area (Å²) in [6, 6.07) is 15.9. The predicted octanol–water partition coefficient (Wildman–Crippen LogP) is 4.02. The molecule has 94 valence electrons. The van der Waals surface area contributed by atoms with E-state index in [1.165, 1.54) is 5.56 Å². The molecule has 0 aliphatic rings. The maximum Gasteiger partial charge on any atom is 0.185 e. The highest BCUT2D eigenvalue weighted by molar-refractivity contribution is 5.64. The number of hydrogen-bond acceptors (Lipinski definition) is 3. The lowest BCUT2D eigenvalue weighted by Gasteiger charge is -2.00. The summed E-state index contributed by atoms with van der Waals surface area (Å²) in [5.41, 5.74) is 4.87. The predicted molar refractivity (Wildman–Crippen MR) is 74.6 cm³/mol. The molecule has 0 fully saturated rings. The van der Waals surface area contributed by atoms with Gasteiger partial charge in [0.2, 0.25) is 0 Å². The molecule has 19 heavy (non-hydrogen) atoms. The molecule has 0 aliphatic carbocycles. The summed E-state index contributed by atoms with van der Waals surface area (Å²) in [5, 5.41) is 4.10. The summed E-state index contributed by atoms with van der Waals surface area (Å²) in [6.07, 6.45) is 0. The van der Waals surface area contributed by atoms with Crippen molar-refractivity contribution in [2.24, 2.45) is 0 Å². The number of hydrogen-bond donors (Lipinski definition) is 0. The third kappa shape index (κ3) is 2.27. The maximum absolute atomic E-state index is 5.39. The monoisotopic (exact) mass is 250 g/mol. The minimum atomic E-state index is 0.696. The van der Waals surface area contributed by atoms with E-state index in [1.807, 2.05) is 62.4 Å². The van der Waals surface area contributed by atoms with Crippen molar-refractivity contribution in [3.8, 4) is 22.7 Å². The molecule has 3 rings (SSSR count). The van der Waals surface area contributed by atoms with Gasteiger partial charge in [-0.2, -0.15) is 0 Å². The van der Waals surface area contributed by atoms with Gasteiger partial charge in [0.1, 0.15) is 11.4 Å². The molecule has 3 heteroatoms. The standard InChI is InChI=1S/C16H14N2O/c1-11-8-9-14(17-12(11)2)16-10-15(18-19-16)13-6-4-3-5-7-13/h3-10H,1-2H3. The second kappa shape index (κ2) is 4.69. The average Bonchev–Trinajstić information content (AvgIpc) is 2.93. The lowest BCUT2D eigenvalue weighted by molar-refractivity contribution is 0.433. The molecule has 3 aromatic rings. The molecular formula is C16H14N2O. The SMILES string of the molecule is Cc1ccc(-c2cc(-c3ccccc3)no2)nc1C. The van der Waals surface area contributed by atoms with Gasteiger partial charge in [0, 0.05) is 17.3 Å². The van der Waals surface area contributed by atoms with Gasteiger partial charge >= 0.3 is 0 Å². The number of benzene rings is 1. The summed E-state index contributed by atoms with van der Waals surface area (Å²) < 4.78 is 5.39. The van der Waals surface area contributed by atoms with Crippen LogP contribution < -0.4 is 0 Å². The number of pyridine rings is 1. The molecule has 3 nitrogen and oxygen atoms in total. The molecule has 0 bridgehead atoms. The fourth-order valence-corrected chi connectivity index (χ4v) is 1.91. The van der Waals surface area contributed by atoms with Crippen molar-refractivity contribution >= 4 is 0 Å². The molecule has 0 saturated carbocycles. The summed E-state index contributed by atoms with van der Waals surface area (Å²) in [6.45, 7) is 4.04. The Hall–Kier alpha value is -2.42. The first-order chi connectivity index (χ1) is 9.24. The van der Waals surface area contributed by atoms with Crippen LogP contribution in [-0.2, 0) is 0 Å². The van der Waals surface area contributed by atoms with Crippen molar-refractivity contribution in [2.45, 2.75) is 13.8 Å². The first-order valence-electron chi connectivity index (χ1n) is 6.21. The molecule has 0 unspecified atom stereocenters. The number of aromatic nitrogens is 2. The van der Waals surface area contributed by atoms with Crippen molar-refractivity contribution in [3.63, 3.8) is 0 Å². The maximum atomic E-state index is 5.39. The lowest BCUT2D eigenvalue weighted by atomic mass is 10.1. The minimum Gasteiger partial charge on any atom is -0.354 e. The van der Waals surface area contributed by atoms with Gasteiger partial charge in [0.25, 0.3) is 0 Å². The third-order valence-electron chi connectivity index (χ3n) is 3.18. The molecule has 0 atom stereocenters. The molecule has 0 amide bonds. The summed E-state index contributed by atoms with van der Waals surface area (Å²) in [5.74, 6) is 0.696. The Labute approximate surface area is 111 Å². The van der Waals surface area contributed by atoms with Crippen LogP contribution in [0.2, 0.25) is 0 Å². The Balaban J connectivity index is 1.99. The quantitative estimate of drug-likeness (QED) is 0.689. The zero-order valence-electron chi connectivity index (χ0n) is 10.9. The fraction of sp³-hybridized carbons (Fsp3) is 0.125. The molecule has 1 aromatic carbocycles. The van der Waals surface area contributed by atoms with Gasteiger partial charge in [0.05, 0.1) is 0 Å². The van der Waals surface area contributed by atoms with E-state index in [-0.39, 0.29) is 0 Å². The van der Waals surface area contributed by atoms with E-state index in [4.69, 9.17) is 4.52 Å². The number of rotatable bonds is 2. The van der Waals surface area contributed by atoms with Crippen molar-refractivity contribution in [1.29, 1.82) is 0 Å². The second-order valence-electron chi connectivity index (χ2n) is 4.54. The van der Waals surface area contributed by atoms with Crippen molar-refractivity contribution in [3.05, 3.63) is 59.8 Å². The van der Waals surface area contributed by atoms with Crippen LogP contribution in [0.4, 0.5) is 0 Å². The van der Waals surface area contributed by atoms with Gasteiger partial charge in [-0.15, -0.1) is 0 Å². The number of nitrogens with zero attached hydrogens (tertiary/aromatic N) is 2. The van der Waals surface area contributed by atoms with Crippen LogP contribution >= 0.6 is 0 Å². The Kier molecular flexibility index (Phi) is 2.88. The van der Waals surface area contributed by atoms with E-state index in [9.17, 15) is 0 Å². The van der Waals surface area contributed by atoms with Gasteiger partial charge in [-0.05, 0) is 25.5 Å². The molecule has 2 heterocycles. The van der Waals surface area contributed by atoms with Gasteiger partial charge in [-0.1, -0.05) is 41.6 Å². The molecule has 0 N–H and O–H groups in total. The topological polar surface area (TPSA) is 38.9 Å². The third-order valence-corrected chi connectivity index (χ3v) is 3.18. The zero-order valence-corrected chi connectivity index (χ0v) is 10.9. The molecular weight excluding hydrogens is 236 g/mol. The van der Waals surface area contributed by atoms with Crippen LogP contribution in [0.25, 0.3) is 22.7 Å². The molecule has 0 radical (unpaired) electrons. The van der Waals surface area contributed by atoms with Gasteiger partial charge in [-0.3, -0.25) is 0 Å². The highest BCUT2D eigenvalue weighted by Crippen LogP contribution is 2.25. The van der Waals surface area contributed by atoms with Gasteiger partial charge in [0.15, 0.2) is 5.76 Å². The van der Waals surface area contributed by atoms with E-state index < -0.39 is 0 Å². The number of aryl methyl sites for hydroxylation is 2. The van der Waals surface area contributed by atoms with Gasteiger partial charge in [-0.25, -0.2) is 4.98 Å². The Morgan fingerprint density at radius 2 is 1.68 bits per heavy atom. The molecule has 0 spiro atoms. The van der Waals surface area contributed by atoms with Crippen LogP contribution in [0, 0.1) is 13.8 Å². The highest BCUT2D eigenvalue weighted by atomic mass is 16.5. The van der Waals surface area contributed by atoms with Crippen LogP contribution in [0.5, 0.6) is 0 Å². The summed E-state index contributed by atoms with van der Waals surface area (Å²) in [7, 11) is 0. The summed E-state index contributed by atoms with van der Waals surface area (Å²) in [4.78, 5) is 4.52.